The molecule has 172 valence electrons. The Morgan fingerprint density at radius 3 is 2.50 bits per heavy atom. The molecule has 32 heavy (non-hydrogen) atoms. The SMILES string of the molecule is CN(Cc1ccc2c(c1)OCCO2)C(=O)C1CCN(S(=O)(=O)c2ccc(F)c(Cl)c2)CC1. The van der Waals surface area contributed by atoms with Gasteiger partial charge in [-0.25, -0.2) is 12.8 Å². The van der Waals surface area contributed by atoms with Crippen LogP contribution in [-0.4, -0.2) is 56.9 Å². The van der Waals surface area contributed by atoms with Crippen molar-refractivity contribution in [3.63, 3.8) is 0 Å². The minimum Gasteiger partial charge on any atom is -0.486 e. The van der Waals surface area contributed by atoms with Crippen LogP contribution in [0.5, 0.6) is 11.5 Å². The van der Waals surface area contributed by atoms with Gasteiger partial charge in [-0.1, -0.05) is 17.7 Å². The average Bonchev–Trinajstić information content (AvgIpc) is 2.80. The molecule has 0 aromatic heterocycles. The van der Waals surface area contributed by atoms with Gasteiger partial charge < -0.3 is 14.4 Å². The minimum atomic E-state index is -3.80. The van der Waals surface area contributed by atoms with Gasteiger partial charge in [-0.05, 0) is 48.7 Å². The van der Waals surface area contributed by atoms with Crippen molar-refractivity contribution >= 4 is 27.5 Å². The Bertz CT molecular complexity index is 1120. The number of carbonyl (C=O) groups is 1. The monoisotopic (exact) mass is 482 g/mol. The van der Waals surface area contributed by atoms with Crippen molar-refractivity contribution < 1.29 is 27.1 Å². The van der Waals surface area contributed by atoms with Gasteiger partial charge in [-0.2, -0.15) is 4.31 Å². The smallest absolute Gasteiger partial charge is 0.243 e. The molecule has 1 saturated heterocycles. The normalized spacial score (nSPS) is 17.2. The molecule has 0 N–H and O–H groups in total. The molecule has 0 saturated carbocycles. The fourth-order valence-electron chi connectivity index (χ4n) is 3.98. The van der Waals surface area contributed by atoms with E-state index in [-0.39, 0.29) is 34.8 Å². The van der Waals surface area contributed by atoms with Crippen LogP contribution in [0.2, 0.25) is 5.02 Å². The van der Waals surface area contributed by atoms with Gasteiger partial charge >= 0.3 is 0 Å². The minimum absolute atomic E-state index is 0.0261. The zero-order valence-corrected chi connectivity index (χ0v) is 19.2. The van der Waals surface area contributed by atoms with E-state index in [1.165, 1.54) is 10.4 Å². The molecule has 1 fully saturated rings. The van der Waals surface area contributed by atoms with Gasteiger partial charge in [-0.15, -0.1) is 0 Å². The molecule has 2 aliphatic heterocycles. The second-order valence-corrected chi connectivity index (χ2v) is 10.3. The molecule has 0 atom stereocenters. The molecule has 1 amide bonds. The van der Waals surface area contributed by atoms with E-state index in [2.05, 4.69) is 0 Å². The quantitative estimate of drug-likeness (QED) is 0.653. The number of carbonyl (C=O) groups excluding carboxylic acids is 1. The molecule has 2 aromatic rings. The van der Waals surface area contributed by atoms with E-state index in [1.807, 2.05) is 18.2 Å². The first-order chi connectivity index (χ1) is 15.3. The molecule has 0 aliphatic carbocycles. The lowest BCUT2D eigenvalue weighted by Crippen LogP contribution is -2.43. The Kier molecular flexibility index (Phi) is 6.60. The van der Waals surface area contributed by atoms with E-state index < -0.39 is 15.8 Å². The van der Waals surface area contributed by atoms with Gasteiger partial charge in [0.1, 0.15) is 19.0 Å². The second-order valence-electron chi connectivity index (χ2n) is 7.93. The molecule has 10 heteroatoms. The van der Waals surface area contributed by atoms with Crippen molar-refractivity contribution in [1.82, 2.24) is 9.21 Å². The van der Waals surface area contributed by atoms with E-state index >= 15 is 0 Å². The molecule has 0 bridgehead atoms. The predicted octanol–water partition coefficient (Wildman–Crippen LogP) is 3.31. The number of rotatable bonds is 5. The lowest BCUT2D eigenvalue weighted by Gasteiger charge is -2.32. The maximum atomic E-state index is 13.4. The summed E-state index contributed by atoms with van der Waals surface area (Å²) in [4.78, 5) is 14.5. The highest BCUT2D eigenvalue weighted by atomic mass is 35.5. The molecule has 7 nitrogen and oxygen atoms in total. The van der Waals surface area contributed by atoms with Gasteiger partial charge in [0, 0.05) is 32.6 Å². The lowest BCUT2D eigenvalue weighted by molar-refractivity contribution is -0.135. The van der Waals surface area contributed by atoms with E-state index in [0.29, 0.717) is 44.1 Å². The highest BCUT2D eigenvalue weighted by Crippen LogP contribution is 2.32. The Balaban J connectivity index is 1.36. The maximum Gasteiger partial charge on any atom is 0.243 e. The largest absolute Gasteiger partial charge is 0.486 e. The zero-order chi connectivity index (χ0) is 22.9. The summed E-state index contributed by atoms with van der Waals surface area (Å²) >= 11 is 5.74. The Morgan fingerprint density at radius 2 is 1.81 bits per heavy atom. The molecular weight excluding hydrogens is 459 g/mol. The van der Waals surface area contributed by atoms with Crippen LogP contribution in [0.4, 0.5) is 4.39 Å². The molecular formula is C22H24ClFN2O5S. The molecule has 2 aliphatic rings. The summed E-state index contributed by atoms with van der Waals surface area (Å²) in [5, 5.41) is -0.239. The van der Waals surface area contributed by atoms with Crippen LogP contribution in [0.25, 0.3) is 0 Å². The number of amides is 1. The van der Waals surface area contributed by atoms with Gasteiger partial charge in [0.25, 0.3) is 0 Å². The van der Waals surface area contributed by atoms with Crippen LogP contribution < -0.4 is 9.47 Å². The standard InChI is InChI=1S/C22H24ClFN2O5S/c1-25(14-15-2-5-20-21(12-15)31-11-10-30-20)22(27)16-6-8-26(9-7-16)32(28,29)17-3-4-19(24)18(23)13-17/h2-5,12-13,16H,6-11,14H2,1H3. The van der Waals surface area contributed by atoms with Crippen LogP contribution >= 0.6 is 11.6 Å². The average molecular weight is 483 g/mol. The summed E-state index contributed by atoms with van der Waals surface area (Å²) in [7, 11) is -2.06. The van der Waals surface area contributed by atoms with E-state index in [1.54, 1.807) is 11.9 Å². The highest BCUT2D eigenvalue weighted by Gasteiger charge is 2.33. The molecule has 0 unspecified atom stereocenters. The Hall–Kier alpha value is -2.36. The van der Waals surface area contributed by atoms with Crippen LogP contribution in [0.3, 0.4) is 0 Å². The number of sulfonamides is 1. The number of nitrogens with zero attached hydrogens (tertiary/aromatic N) is 2. The van der Waals surface area contributed by atoms with Crippen LogP contribution in [-0.2, 0) is 21.4 Å². The van der Waals surface area contributed by atoms with Crippen molar-refractivity contribution in [3.8, 4) is 11.5 Å². The lowest BCUT2D eigenvalue weighted by atomic mass is 9.96. The molecule has 2 aromatic carbocycles. The van der Waals surface area contributed by atoms with Crippen molar-refractivity contribution in [2.24, 2.45) is 5.92 Å². The highest BCUT2D eigenvalue weighted by molar-refractivity contribution is 7.89. The van der Waals surface area contributed by atoms with Gasteiger partial charge in [0.2, 0.25) is 15.9 Å². The number of fused-ring (bicyclic) bond motifs is 1. The number of halogens is 2. The Morgan fingerprint density at radius 1 is 1.12 bits per heavy atom. The summed E-state index contributed by atoms with van der Waals surface area (Å²) in [5.41, 5.74) is 0.929. The first-order valence-electron chi connectivity index (χ1n) is 10.3. The van der Waals surface area contributed by atoms with Crippen molar-refractivity contribution in [2.45, 2.75) is 24.3 Å². The second kappa shape index (κ2) is 9.25. The summed E-state index contributed by atoms with van der Waals surface area (Å²) in [5.74, 6) is 0.414. The zero-order valence-electron chi connectivity index (χ0n) is 17.6. The molecule has 0 spiro atoms. The van der Waals surface area contributed by atoms with Crippen LogP contribution in [0, 0.1) is 11.7 Å². The first kappa shape index (κ1) is 22.8. The third kappa shape index (κ3) is 4.69. The number of hydrogen-bond donors (Lipinski definition) is 0. The van der Waals surface area contributed by atoms with E-state index in [0.717, 1.165) is 17.7 Å². The summed E-state index contributed by atoms with van der Waals surface area (Å²) < 4.78 is 51.5. The Labute approximate surface area is 191 Å². The van der Waals surface area contributed by atoms with Gasteiger partial charge in [0.15, 0.2) is 11.5 Å². The van der Waals surface area contributed by atoms with Crippen molar-refractivity contribution in [3.05, 3.63) is 52.8 Å². The van der Waals surface area contributed by atoms with Crippen LogP contribution in [0.15, 0.2) is 41.3 Å². The topological polar surface area (TPSA) is 76.2 Å². The van der Waals surface area contributed by atoms with Crippen molar-refractivity contribution in [2.75, 3.05) is 33.4 Å². The number of hydrogen-bond acceptors (Lipinski definition) is 5. The third-order valence-electron chi connectivity index (χ3n) is 5.73. The summed E-state index contributed by atoms with van der Waals surface area (Å²) in [6, 6.07) is 8.98. The maximum absolute atomic E-state index is 13.4. The van der Waals surface area contributed by atoms with Gasteiger partial charge in [-0.3, -0.25) is 4.79 Å². The molecule has 0 radical (unpaired) electrons. The fourth-order valence-corrected chi connectivity index (χ4v) is 5.72. The van der Waals surface area contributed by atoms with E-state index in [4.69, 9.17) is 21.1 Å². The number of piperidine rings is 1. The molecule has 2 heterocycles. The summed E-state index contributed by atoms with van der Waals surface area (Å²) in [6.07, 6.45) is 0.830. The van der Waals surface area contributed by atoms with Gasteiger partial charge in [0.05, 0.1) is 9.92 Å². The number of ether oxygens (including phenoxy) is 2. The fraction of sp³-hybridized carbons (Fsp3) is 0.409. The van der Waals surface area contributed by atoms with Crippen LogP contribution in [0.1, 0.15) is 18.4 Å². The van der Waals surface area contributed by atoms with Crippen molar-refractivity contribution in [1.29, 1.82) is 0 Å². The number of benzene rings is 2. The van der Waals surface area contributed by atoms with E-state index in [9.17, 15) is 17.6 Å². The predicted molar refractivity (Wildman–Crippen MR) is 117 cm³/mol. The third-order valence-corrected chi connectivity index (χ3v) is 7.92. The molecule has 4 rings (SSSR count). The summed E-state index contributed by atoms with van der Waals surface area (Å²) in [6.45, 7) is 1.86. The first-order valence-corrected chi connectivity index (χ1v) is 12.2.